The molecule has 7 nitrogen and oxygen atoms in total. The van der Waals surface area contributed by atoms with Crippen LogP contribution in [0.2, 0.25) is 0 Å². The van der Waals surface area contributed by atoms with E-state index in [1.807, 2.05) is 0 Å². The monoisotopic (exact) mass is 301 g/mol. The number of aromatic nitrogens is 3. The molecule has 0 aliphatic carbocycles. The van der Waals surface area contributed by atoms with Crippen LogP contribution >= 0.6 is 0 Å². The Kier molecular flexibility index (Phi) is 3.56. The molecular weight excluding hydrogens is 286 g/mol. The van der Waals surface area contributed by atoms with Crippen molar-refractivity contribution in [2.45, 2.75) is 6.61 Å². The molecule has 0 aliphatic heterocycles. The number of ether oxygens (including phenoxy) is 2. The van der Waals surface area contributed by atoms with Crippen molar-refractivity contribution in [1.29, 1.82) is 0 Å². The molecule has 0 fully saturated rings. The van der Waals surface area contributed by atoms with Crippen LogP contribution in [0.1, 0.15) is 5.56 Å². The molecule has 3 aromatic rings. The van der Waals surface area contributed by atoms with Gasteiger partial charge in [-0.15, -0.1) is 15.0 Å². The van der Waals surface area contributed by atoms with E-state index in [0.717, 1.165) is 0 Å². The van der Waals surface area contributed by atoms with Crippen LogP contribution in [0.25, 0.3) is 16.7 Å². The maximum absolute atomic E-state index is 9.99. The van der Waals surface area contributed by atoms with Crippen molar-refractivity contribution in [3.8, 4) is 22.9 Å². The average molecular weight is 301 g/mol. The minimum atomic E-state index is -0.156. The molecule has 1 heterocycles. The predicted octanol–water partition coefficient (Wildman–Crippen LogP) is 1.64. The quantitative estimate of drug-likeness (QED) is 0.761. The van der Waals surface area contributed by atoms with Crippen LogP contribution < -0.4 is 9.47 Å². The van der Waals surface area contributed by atoms with Gasteiger partial charge in [0.1, 0.15) is 34.0 Å². The second-order valence-corrected chi connectivity index (χ2v) is 4.65. The number of hydrogen-bond acceptors (Lipinski definition) is 6. The lowest BCUT2D eigenvalue weighted by atomic mass is 10.2. The minimum Gasteiger partial charge on any atom is -0.506 e. The van der Waals surface area contributed by atoms with Gasteiger partial charge in [0.15, 0.2) is 0 Å². The number of benzene rings is 2. The molecule has 0 unspecified atom stereocenters. The third-order valence-corrected chi connectivity index (χ3v) is 3.35. The smallest absolute Gasteiger partial charge is 0.143 e. The molecular formula is C15H15N3O4. The molecule has 0 radical (unpaired) electrons. The number of phenolic OH excluding ortho intramolecular Hbond substituents is 1. The van der Waals surface area contributed by atoms with Crippen LogP contribution in [0.3, 0.4) is 0 Å². The lowest BCUT2D eigenvalue weighted by molar-refractivity contribution is 0.274. The van der Waals surface area contributed by atoms with Crippen molar-refractivity contribution in [2.75, 3.05) is 14.2 Å². The fourth-order valence-electron chi connectivity index (χ4n) is 2.20. The molecule has 7 heteroatoms. The summed E-state index contributed by atoms with van der Waals surface area (Å²) < 4.78 is 10.4. The Labute approximate surface area is 126 Å². The Morgan fingerprint density at radius 1 is 1.05 bits per heavy atom. The molecule has 1 aromatic heterocycles. The first-order chi connectivity index (χ1) is 10.7. The summed E-state index contributed by atoms with van der Waals surface area (Å²) in [6, 6.07) is 8.20. The topological polar surface area (TPSA) is 89.6 Å². The molecule has 0 bridgehead atoms. The summed E-state index contributed by atoms with van der Waals surface area (Å²) in [4.78, 5) is 1.32. The summed E-state index contributed by atoms with van der Waals surface area (Å²) in [5, 5.41) is 28.0. The summed E-state index contributed by atoms with van der Waals surface area (Å²) >= 11 is 0. The van der Waals surface area contributed by atoms with E-state index in [1.54, 1.807) is 31.4 Å². The summed E-state index contributed by atoms with van der Waals surface area (Å²) in [5.41, 5.74) is 2.21. The molecule has 0 atom stereocenters. The van der Waals surface area contributed by atoms with Gasteiger partial charge in [-0.3, -0.25) is 0 Å². The van der Waals surface area contributed by atoms with Crippen LogP contribution in [-0.2, 0) is 6.61 Å². The number of fused-ring (bicyclic) bond motifs is 1. The fourth-order valence-corrected chi connectivity index (χ4v) is 2.20. The van der Waals surface area contributed by atoms with Crippen molar-refractivity contribution in [3.63, 3.8) is 0 Å². The zero-order valence-corrected chi connectivity index (χ0v) is 12.1. The van der Waals surface area contributed by atoms with E-state index in [1.165, 1.54) is 18.0 Å². The molecule has 22 heavy (non-hydrogen) atoms. The predicted molar refractivity (Wildman–Crippen MR) is 79.6 cm³/mol. The number of phenols is 1. The highest BCUT2D eigenvalue weighted by atomic mass is 16.5. The van der Waals surface area contributed by atoms with E-state index < -0.39 is 0 Å². The Bertz CT molecular complexity index is 788. The van der Waals surface area contributed by atoms with Crippen LogP contribution in [0.4, 0.5) is 0 Å². The number of hydrogen-bond donors (Lipinski definition) is 2. The van der Waals surface area contributed by atoms with Crippen molar-refractivity contribution < 1.29 is 19.7 Å². The van der Waals surface area contributed by atoms with E-state index in [9.17, 15) is 10.2 Å². The first kappa shape index (κ1) is 14.2. The summed E-state index contributed by atoms with van der Waals surface area (Å²) in [6.07, 6.45) is 0. The first-order valence-corrected chi connectivity index (χ1v) is 6.58. The highest BCUT2D eigenvalue weighted by molar-refractivity contribution is 5.77. The van der Waals surface area contributed by atoms with Crippen molar-refractivity contribution >= 4 is 11.0 Å². The molecule has 2 aromatic carbocycles. The highest BCUT2D eigenvalue weighted by Crippen LogP contribution is 2.28. The van der Waals surface area contributed by atoms with Crippen molar-refractivity contribution in [2.24, 2.45) is 0 Å². The third-order valence-electron chi connectivity index (χ3n) is 3.35. The Balaban J connectivity index is 2.16. The van der Waals surface area contributed by atoms with Gasteiger partial charge in [-0.05, 0) is 18.2 Å². The number of rotatable bonds is 4. The van der Waals surface area contributed by atoms with Gasteiger partial charge in [0.2, 0.25) is 0 Å². The van der Waals surface area contributed by atoms with Crippen molar-refractivity contribution in [3.05, 3.63) is 35.9 Å². The SMILES string of the molecule is COc1ccc(O)c(-n2nc3cc(CO)c(OC)cc3n2)c1. The third kappa shape index (κ3) is 2.31. The normalized spacial score (nSPS) is 10.9. The fraction of sp³-hybridized carbons (Fsp3) is 0.200. The molecule has 0 amide bonds. The molecule has 114 valence electrons. The van der Waals surface area contributed by atoms with Crippen molar-refractivity contribution in [1.82, 2.24) is 15.0 Å². The van der Waals surface area contributed by atoms with Crippen LogP contribution in [-0.4, -0.2) is 39.4 Å². The second kappa shape index (κ2) is 5.53. The molecule has 0 saturated heterocycles. The van der Waals surface area contributed by atoms with Crippen LogP contribution in [0.5, 0.6) is 17.2 Å². The second-order valence-electron chi connectivity index (χ2n) is 4.65. The maximum atomic E-state index is 9.99. The van der Waals surface area contributed by atoms with Gasteiger partial charge in [-0.25, -0.2) is 0 Å². The first-order valence-electron chi connectivity index (χ1n) is 6.58. The summed E-state index contributed by atoms with van der Waals surface area (Å²) in [5.74, 6) is 1.16. The molecule has 0 spiro atoms. The van der Waals surface area contributed by atoms with Crippen LogP contribution in [0.15, 0.2) is 30.3 Å². The lowest BCUT2D eigenvalue weighted by Crippen LogP contribution is -1.99. The lowest BCUT2D eigenvalue weighted by Gasteiger charge is -2.05. The number of nitrogens with zero attached hydrogens (tertiary/aromatic N) is 3. The van der Waals surface area contributed by atoms with Gasteiger partial charge in [-0.2, -0.15) is 0 Å². The zero-order chi connectivity index (χ0) is 15.7. The van der Waals surface area contributed by atoms with Gasteiger partial charge in [0.05, 0.1) is 20.8 Å². The number of aliphatic hydroxyl groups excluding tert-OH is 1. The molecule has 2 N–H and O–H groups in total. The van der Waals surface area contributed by atoms with Gasteiger partial charge < -0.3 is 19.7 Å². The Morgan fingerprint density at radius 2 is 1.77 bits per heavy atom. The van der Waals surface area contributed by atoms with E-state index in [2.05, 4.69) is 10.2 Å². The zero-order valence-electron chi connectivity index (χ0n) is 12.1. The standard InChI is InChI=1S/C15H15N3O4/c1-21-10-3-4-14(20)13(6-10)18-16-11-5-9(8-19)15(22-2)7-12(11)17-18/h3-7,19-20H,8H2,1-2H3. The van der Waals surface area contributed by atoms with Gasteiger partial charge in [0.25, 0.3) is 0 Å². The molecule has 0 saturated carbocycles. The molecule has 0 aliphatic rings. The number of aliphatic hydroxyl groups is 1. The number of aromatic hydroxyl groups is 1. The highest BCUT2D eigenvalue weighted by Gasteiger charge is 2.13. The summed E-state index contributed by atoms with van der Waals surface area (Å²) in [6.45, 7) is -0.156. The van der Waals surface area contributed by atoms with E-state index >= 15 is 0 Å². The Morgan fingerprint density at radius 3 is 2.41 bits per heavy atom. The van der Waals surface area contributed by atoms with E-state index in [4.69, 9.17) is 9.47 Å². The average Bonchev–Trinajstić information content (AvgIpc) is 2.96. The molecule has 3 rings (SSSR count). The largest absolute Gasteiger partial charge is 0.506 e. The van der Waals surface area contributed by atoms with Gasteiger partial charge >= 0.3 is 0 Å². The van der Waals surface area contributed by atoms with Crippen LogP contribution in [0, 0.1) is 0 Å². The van der Waals surface area contributed by atoms with Gasteiger partial charge in [0, 0.05) is 17.7 Å². The number of methoxy groups -OCH3 is 2. The van der Waals surface area contributed by atoms with E-state index in [-0.39, 0.29) is 12.4 Å². The summed E-state index contributed by atoms with van der Waals surface area (Å²) in [7, 11) is 3.07. The minimum absolute atomic E-state index is 0.0375. The maximum Gasteiger partial charge on any atom is 0.143 e. The van der Waals surface area contributed by atoms with E-state index in [0.29, 0.717) is 33.8 Å². The Hall–Kier alpha value is -2.80. The van der Waals surface area contributed by atoms with Gasteiger partial charge in [-0.1, -0.05) is 0 Å².